The van der Waals surface area contributed by atoms with Crippen LogP contribution in [0.25, 0.3) is 0 Å². The van der Waals surface area contributed by atoms with Gasteiger partial charge < -0.3 is 9.47 Å². The van der Waals surface area contributed by atoms with Gasteiger partial charge >= 0.3 is 5.97 Å². The lowest BCUT2D eigenvalue weighted by Crippen LogP contribution is -2.51. The van der Waals surface area contributed by atoms with E-state index in [9.17, 15) is 4.79 Å². The lowest BCUT2D eigenvalue weighted by atomic mass is 9.98. The molecule has 0 aliphatic rings. The summed E-state index contributed by atoms with van der Waals surface area (Å²) in [6, 6.07) is 0. The van der Waals surface area contributed by atoms with E-state index < -0.39 is 5.54 Å². The van der Waals surface area contributed by atoms with E-state index in [1.165, 1.54) is 7.11 Å². The van der Waals surface area contributed by atoms with Gasteiger partial charge in [-0.15, -0.1) is 6.42 Å². The summed E-state index contributed by atoms with van der Waals surface area (Å²) in [5.41, 5.74) is -0.767. The number of nitrogens with one attached hydrogen (secondary N) is 1. The van der Waals surface area contributed by atoms with Crippen LogP contribution in [0.1, 0.15) is 13.3 Å². The molecule has 0 bridgehead atoms. The van der Waals surface area contributed by atoms with E-state index in [0.29, 0.717) is 19.6 Å². The van der Waals surface area contributed by atoms with Gasteiger partial charge in [0.05, 0.1) is 13.7 Å². The molecule has 0 fully saturated rings. The van der Waals surface area contributed by atoms with Gasteiger partial charge in [-0.05, 0) is 13.3 Å². The van der Waals surface area contributed by atoms with E-state index >= 15 is 0 Å². The lowest BCUT2D eigenvalue weighted by molar-refractivity contribution is -0.148. The van der Waals surface area contributed by atoms with Crippen LogP contribution < -0.4 is 5.32 Å². The number of rotatable bonds is 6. The Hall–Kier alpha value is -1.05. The maximum absolute atomic E-state index is 11.4. The number of carbonyl (C=O) groups excluding carboxylic acids is 1. The van der Waals surface area contributed by atoms with Crippen LogP contribution in [-0.4, -0.2) is 38.9 Å². The minimum atomic E-state index is -0.767. The molecule has 4 heteroatoms. The first-order valence-electron chi connectivity index (χ1n) is 4.36. The minimum absolute atomic E-state index is 0.329. The maximum atomic E-state index is 11.4. The van der Waals surface area contributed by atoms with Crippen LogP contribution in [0.5, 0.6) is 0 Å². The van der Waals surface area contributed by atoms with Gasteiger partial charge in [-0.25, -0.2) is 0 Å². The Kier molecular flexibility index (Phi) is 5.93. The zero-order valence-corrected chi connectivity index (χ0v) is 8.92. The normalized spacial score (nSPS) is 14.1. The van der Waals surface area contributed by atoms with Crippen molar-refractivity contribution in [3.63, 3.8) is 0 Å². The van der Waals surface area contributed by atoms with E-state index in [0.717, 1.165) is 0 Å². The first kappa shape index (κ1) is 12.9. The second-order valence-corrected chi connectivity index (χ2v) is 3.12. The van der Waals surface area contributed by atoms with Crippen LogP contribution in [0.4, 0.5) is 0 Å². The fraction of sp³-hybridized carbons (Fsp3) is 0.700. The van der Waals surface area contributed by atoms with Crippen molar-refractivity contribution in [2.24, 2.45) is 0 Å². The number of ether oxygens (including phenoxy) is 2. The summed E-state index contributed by atoms with van der Waals surface area (Å²) in [4.78, 5) is 11.4. The average Bonchev–Trinajstić information content (AvgIpc) is 2.22. The van der Waals surface area contributed by atoms with Gasteiger partial charge in [0.25, 0.3) is 0 Å². The van der Waals surface area contributed by atoms with E-state index in [2.05, 4.69) is 16.0 Å². The average molecular weight is 199 g/mol. The molecule has 0 saturated heterocycles. The Morgan fingerprint density at radius 1 is 1.57 bits per heavy atom. The summed E-state index contributed by atoms with van der Waals surface area (Å²) in [6.07, 6.45) is 5.64. The van der Waals surface area contributed by atoms with Crippen LogP contribution in [-0.2, 0) is 14.3 Å². The fourth-order valence-corrected chi connectivity index (χ4v) is 1.04. The first-order valence-corrected chi connectivity index (χ1v) is 4.36. The van der Waals surface area contributed by atoms with Gasteiger partial charge in [0.1, 0.15) is 5.54 Å². The van der Waals surface area contributed by atoms with Crippen LogP contribution in [0.15, 0.2) is 0 Å². The molecule has 0 heterocycles. The van der Waals surface area contributed by atoms with Crippen molar-refractivity contribution in [2.45, 2.75) is 18.9 Å². The second-order valence-electron chi connectivity index (χ2n) is 3.12. The molecule has 0 amide bonds. The largest absolute Gasteiger partial charge is 0.468 e. The standard InChI is InChI=1S/C10H17NO3/c1-5-7-11-10(2,6-8-13-3)9(12)14-4/h1,11H,6-8H2,2-4H3. The summed E-state index contributed by atoms with van der Waals surface area (Å²) >= 11 is 0. The van der Waals surface area contributed by atoms with E-state index in [4.69, 9.17) is 11.2 Å². The predicted molar refractivity (Wildman–Crippen MR) is 53.7 cm³/mol. The van der Waals surface area contributed by atoms with Crippen LogP contribution >= 0.6 is 0 Å². The third kappa shape index (κ3) is 3.77. The molecule has 0 aromatic carbocycles. The van der Waals surface area contributed by atoms with Crippen LogP contribution in [0.2, 0.25) is 0 Å². The Morgan fingerprint density at radius 2 is 2.21 bits per heavy atom. The maximum Gasteiger partial charge on any atom is 0.325 e. The number of hydrogen-bond acceptors (Lipinski definition) is 4. The molecule has 1 N–H and O–H groups in total. The molecule has 4 nitrogen and oxygen atoms in total. The first-order chi connectivity index (χ1) is 6.60. The van der Waals surface area contributed by atoms with Crippen molar-refractivity contribution in [1.29, 1.82) is 0 Å². The molecule has 1 atom stereocenters. The molecule has 1 unspecified atom stereocenters. The van der Waals surface area contributed by atoms with Crippen molar-refractivity contribution in [2.75, 3.05) is 27.4 Å². The van der Waals surface area contributed by atoms with E-state index in [1.54, 1.807) is 14.0 Å². The predicted octanol–water partition coefficient (Wildman–Crippen LogP) is 0.177. The van der Waals surface area contributed by atoms with E-state index in [1.807, 2.05) is 0 Å². The van der Waals surface area contributed by atoms with Crippen molar-refractivity contribution in [3.05, 3.63) is 0 Å². The highest BCUT2D eigenvalue weighted by atomic mass is 16.5. The van der Waals surface area contributed by atoms with Gasteiger partial charge in [0.15, 0.2) is 0 Å². The molecule has 0 radical (unpaired) electrons. The number of methoxy groups -OCH3 is 2. The zero-order valence-electron chi connectivity index (χ0n) is 8.92. The van der Waals surface area contributed by atoms with Crippen molar-refractivity contribution in [1.82, 2.24) is 5.32 Å². The zero-order chi connectivity index (χ0) is 11.0. The fourth-order valence-electron chi connectivity index (χ4n) is 1.04. The molecular formula is C10H17NO3. The molecule has 0 saturated carbocycles. The molecule has 0 rings (SSSR count). The number of hydrogen-bond donors (Lipinski definition) is 1. The third-order valence-corrected chi connectivity index (χ3v) is 2.02. The number of terminal acetylenes is 1. The molecule has 0 spiro atoms. The molecular weight excluding hydrogens is 182 g/mol. The van der Waals surface area contributed by atoms with Gasteiger partial charge in [-0.3, -0.25) is 10.1 Å². The van der Waals surface area contributed by atoms with Gasteiger partial charge in [0, 0.05) is 13.7 Å². The summed E-state index contributed by atoms with van der Waals surface area (Å²) in [5, 5.41) is 2.94. The molecule has 14 heavy (non-hydrogen) atoms. The van der Waals surface area contributed by atoms with Crippen LogP contribution in [0, 0.1) is 12.3 Å². The highest BCUT2D eigenvalue weighted by molar-refractivity contribution is 5.80. The minimum Gasteiger partial charge on any atom is -0.468 e. The SMILES string of the molecule is C#CCNC(C)(CCOC)C(=O)OC. The van der Waals surface area contributed by atoms with Crippen molar-refractivity contribution in [3.8, 4) is 12.3 Å². The van der Waals surface area contributed by atoms with Gasteiger partial charge in [-0.1, -0.05) is 5.92 Å². The Labute approximate surface area is 85.0 Å². The smallest absolute Gasteiger partial charge is 0.325 e. The van der Waals surface area contributed by atoms with Gasteiger partial charge in [0.2, 0.25) is 0 Å². The topological polar surface area (TPSA) is 47.6 Å². The Morgan fingerprint density at radius 3 is 2.64 bits per heavy atom. The lowest BCUT2D eigenvalue weighted by Gasteiger charge is -2.26. The number of carbonyl (C=O) groups is 1. The monoisotopic (exact) mass is 199 g/mol. The van der Waals surface area contributed by atoms with Gasteiger partial charge in [-0.2, -0.15) is 0 Å². The molecule has 80 valence electrons. The van der Waals surface area contributed by atoms with Crippen molar-refractivity contribution >= 4 is 5.97 Å². The molecule has 0 aromatic rings. The summed E-state index contributed by atoms with van der Waals surface area (Å²) in [6.45, 7) is 2.55. The summed E-state index contributed by atoms with van der Waals surface area (Å²) in [7, 11) is 2.93. The molecule has 0 aliphatic heterocycles. The highest BCUT2D eigenvalue weighted by Crippen LogP contribution is 2.11. The third-order valence-electron chi connectivity index (χ3n) is 2.02. The molecule has 0 aliphatic carbocycles. The Balaban J connectivity index is 4.33. The molecule has 0 aromatic heterocycles. The second kappa shape index (κ2) is 6.41. The number of esters is 1. The summed E-state index contributed by atoms with van der Waals surface area (Å²) < 4.78 is 9.60. The quantitative estimate of drug-likeness (QED) is 0.489. The highest BCUT2D eigenvalue weighted by Gasteiger charge is 2.32. The summed E-state index contributed by atoms with van der Waals surface area (Å²) in [5.74, 6) is 2.09. The van der Waals surface area contributed by atoms with Crippen LogP contribution in [0.3, 0.4) is 0 Å². The van der Waals surface area contributed by atoms with E-state index in [-0.39, 0.29) is 5.97 Å². The Bertz CT molecular complexity index is 222. The van der Waals surface area contributed by atoms with Crippen molar-refractivity contribution < 1.29 is 14.3 Å².